The van der Waals surface area contributed by atoms with Crippen molar-refractivity contribution in [1.29, 1.82) is 0 Å². The van der Waals surface area contributed by atoms with Crippen molar-refractivity contribution in [1.82, 2.24) is 5.32 Å². The van der Waals surface area contributed by atoms with Gasteiger partial charge in [-0.2, -0.15) is 16.8 Å². The fourth-order valence-electron chi connectivity index (χ4n) is 2.33. The molecular weight excluding hydrogens is 378 g/mol. The Morgan fingerprint density at radius 2 is 1.62 bits per heavy atom. The molecule has 1 unspecified atom stereocenters. The number of carbonyl (C=O) groups is 1. The first-order valence-corrected chi connectivity index (χ1v) is 11.5. The van der Waals surface area contributed by atoms with Gasteiger partial charge in [-0.3, -0.25) is 8.98 Å². The summed E-state index contributed by atoms with van der Waals surface area (Å²) in [4.78, 5) is 11.4. The van der Waals surface area contributed by atoms with Crippen molar-refractivity contribution in [3.63, 3.8) is 0 Å². The Balaban J connectivity index is 3.95. The highest BCUT2D eigenvalue weighted by Crippen LogP contribution is 2.14. The van der Waals surface area contributed by atoms with E-state index < -0.39 is 31.7 Å². The lowest BCUT2D eigenvalue weighted by Gasteiger charge is -2.21. The van der Waals surface area contributed by atoms with Gasteiger partial charge in [0.2, 0.25) is 16.2 Å². The quantitative estimate of drug-likeness (QED) is 0.193. The minimum atomic E-state index is -3.88. The van der Waals surface area contributed by atoms with Gasteiger partial charge in [-0.05, 0) is 31.3 Å². The lowest BCUT2D eigenvalue weighted by atomic mass is 10.1. The van der Waals surface area contributed by atoms with E-state index in [1.54, 1.807) is 13.8 Å². The zero-order valence-corrected chi connectivity index (χ0v) is 17.3. The van der Waals surface area contributed by atoms with Crippen LogP contribution in [0.4, 0.5) is 0 Å². The lowest BCUT2D eigenvalue weighted by molar-refractivity contribution is -0.117. The Morgan fingerprint density at radius 3 is 2.12 bits per heavy atom. The molecule has 1 atom stereocenters. The van der Waals surface area contributed by atoms with Gasteiger partial charge < -0.3 is 5.32 Å². The van der Waals surface area contributed by atoms with Gasteiger partial charge in [0.1, 0.15) is 0 Å². The Bertz CT molecular complexity index is 645. The van der Waals surface area contributed by atoms with Crippen LogP contribution in [-0.2, 0) is 29.4 Å². The first-order chi connectivity index (χ1) is 12.2. The summed E-state index contributed by atoms with van der Waals surface area (Å²) >= 11 is 0. The summed E-state index contributed by atoms with van der Waals surface area (Å²) < 4.78 is 50.1. The molecule has 0 aliphatic heterocycles. The average Bonchev–Trinajstić information content (AvgIpc) is 2.56. The molecule has 26 heavy (non-hydrogen) atoms. The van der Waals surface area contributed by atoms with Crippen LogP contribution in [0.2, 0.25) is 0 Å². The van der Waals surface area contributed by atoms with Gasteiger partial charge in [-0.15, -0.1) is 0 Å². The molecule has 9 heteroatoms. The lowest BCUT2D eigenvalue weighted by Crippen LogP contribution is -2.44. The minimum Gasteiger partial charge on any atom is -0.334 e. The van der Waals surface area contributed by atoms with Crippen LogP contribution in [0.1, 0.15) is 65.2 Å². The number of amides is 1. The predicted molar refractivity (Wildman–Crippen MR) is 104 cm³/mol. The molecule has 0 aromatic heterocycles. The van der Waals surface area contributed by atoms with E-state index in [9.17, 15) is 21.6 Å². The fraction of sp³-hybridized carbons (Fsp3) is 0.765. The number of carbonyl (C=O) groups excluding carboxylic acids is 1. The molecule has 0 aliphatic carbocycles. The molecule has 1 N–H and O–H groups in total. The van der Waals surface area contributed by atoms with E-state index in [4.69, 9.17) is 4.18 Å². The molecule has 1 amide bonds. The van der Waals surface area contributed by atoms with E-state index in [-0.39, 0.29) is 12.5 Å². The van der Waals surface area contributed by atoms with Crippen molar-refractivity contribution in [2.75, 3.05) is 6.61 Å². The summed E-state index contributed by atoms with van der Waals surface area (Å²) in [7, 11) is -5.94. The summed E-state index contributed by atoms with van der Waals surface area (Å²) in [5, 5.41) is 2.58. The van der Waals surface area contributed by atoms with Crippen LogP contribution in [0.25, 0.3) is 0 Å². The van der Waals surface area contributed by atoms with E-state index in [1.807, 2.05) is 0 Å². The molecule has 0 heterocycles. The van der Waals surface area contributed by atoms with Crippen LogP contribution in [0.5, 0.6) is 0 Å². The molecule has 0 rings (SSSR count). The van der Waals surface area contributed by atoms with E-state index in [2.05, 4.69) is 11.9 Å². The molecule has 0 spiro atoms. The van der Waals surface area contributed by atoms with Crippen molar-refractivity contribution in [2.45, 2.75) is 70.6 Å². The molecule has 0 bridgehead atoms. The number of unbranched alkanes of at least 4 members (excludes halogenated alkanes) is 7. The van der Waals surface area contributed by atoms with Gasteiger partial charge in [-0.25, -0.2) is 0 Å². The highest BCUT2D eigenvalue weighted by atomic mass is 32.2. The normalized spacial score (nSPS) is 12.6. The number of rotatable bonds is 15. The van der Waals surface area contributed by atoms with Gasteiger partial charge in [0.15, 0.2) is 5.37 Å². The summed E-state index contributed by atoms with van der Waals surface area (Å²) in [5.41, 5.74) is 0. The molecule has 0 aromatic rings. The second-order valence-electron chi connectivity index (χ2n) is 6.38. The Morgan fingerprint density at radius 1 is 1.08 bits per heavy atom. The Labute approximate surface area is 158 Å². The Hall–Kier alpha value is -1.19. The number of nitrogens with one attached hydrogen (secondary N) is 1. The largest absolute Gasteiger partial charge is 0.334 e. The van der Waals surface area contributed by atoms with Crippen LogP contribution in [0, 0.1) is 5.92 Å². The first kappa shape index (κ1) is 24.8. The molecule has 0 radical (unpaired) electrons. The maximum absolute atomic E-state index is 12.2. The second kappa shape index (κ2) is 13.9. The third-order valence-corrected chi connectivity index (χ3v) is 6.02. The smallest absolute Gasteiger partial charge is 0.288 e. The summed E-state index contributed by atoms with van der Waals surface area (Å²) in [5.74, 6) is -0.866. The SMILES string of the molecule is C=CC(=O)NC(C(C)C)S(=O)(=O)OCCCCCCCCCC=S(=O)=O. The number of hydrogen-bond acceptors (Lipinski definition) is 6. The fourth-order valence-corrected chi connectivity index (χ4v) is 4.11. The van der Waals surface area contributed by atoms with E-state index in [0.717, 1.165) is 44.6 Å². The van der Waals surface area contributed by atoms with Gasteiger partial charge >= 0.3 is 0 Å². The van der Waals surface area contributed by atoms with Crippen LogP contribution in [0.3, 0.4) is 0 Å². The molecule has 7 nitrogen and oxygen atoms in total. The van der Waals surface area contributed by atoms with Crippen LogP contribution in [0.15, 0.2) is 12.7 Å². The third kappa shape index (κ3) is 12.2. The first-order valence-electron chi connectivity index (χ1n) is 8.93. The molecule has 0 fully saturated rings. The van der Waals surface area contributed by atoms with Gasteiger partial charge in [0.25, 0.3) is 10.1 Å². The molecule has 0 aliphatic rings. The predicted octanol–water partition coefficient (Wildman–Crippen LogP) is 2.42. The van der Waals surface area contributed by atoms with Crippen molar-refractivity contribution in [2.24, 2.45) is 5.92 Å². The zero-order valence-electron chi connectivity index (χ0n) is 15.6. The molecule has 0 saturated carbocycles. The zero-order chi connectivity index (χ0) is 20.0. The van der Waals surface area contributed by atoms with Crippen molar-refractivity contribution >= 4 is 31.7 Å². The molecular formula is C17H31NO6S2. The summed E-state index contributed by atoms with van der Waals surface area (Å²) in [6.07, 6.45) is 7.98. The van der Waals surface area contributed by atoms with Crippen molar-refractivity contribution in [3.8, 4) is 0 Å². The van der Waals surface area contributed by atoms with Crippen molar-refractivity contribution < 1.29 is 25.8 Å². The minimum absolute atomic E-state index is 0.0970. The van der Waals surface area contributed by atoms with Crippen LogP contribution < -0.4 is 5.32 Å². The molecule has 152 valence electrons. The van der Waals surface area contributed by atoms with E-state index in [1.165, 1.54) is 5.37 Å². The standard InChI is InChI=1S/C17H31NO6S2/c1-4-16(19)18-17(15(2)3)26(22,23)24-13-11-9-7-5-6-8-10-12-14-25(20)21/h4,14-15,17H,1,5-13H2,2-3H3,(H,18,19). The maximum Gasteiger partial charge on any atom is 0.288 e. The topological polar surface area (TPSA) is 107 Å². The van der Waals surface area contributed by atoms with Crippen molar-refractivity contribution in [3.05, 3.63) is 12.7 Å². The molecule has 0 aromatic carbocycles. The van der Waals surface area contributed by atoms with Gasteiger partial charge in [-0.1, -0.05) is 52.5 Å². The summed E-state index contributed by atoms with van der Waals surface area (Å²) in [6.45, 7) is 6.80. The monoisotopic (exact) mass is 409 g/mol. The highest BCUT2D eigenvalue weighted by Gasteiger charge is 2.30. The average molecular weight is 410 g/mol. The highest BCUT2D eigenvalue weighted by molar-refractivity contribution is 7.87. The third-order valence-electron chi connectivity index (χ3n) is 3.74. The van der Waals surface area contributed by atoms with Gasteiger partial charge in [0.05, 0.1) is 6.61 Å². The summed E-state index contributed by atoms with van der Waals surface area (Å²) in [6, 6.07) is 0. The molecule has 0 saturated heterocycles. The number of hydrogen-bond donors (Lipinski definition) is 1. The second-order valence-corrected chi connectivity index (χ2v) is 8.97. The maximum atomic E-state index is 12.2. The Kier molecular flexibility index (Phi) is 13.3. The van der Waals surface area contributed by atoms with Crippen LogP contribution in [-0.4, -0.2) is 40.1 Å². The van der Waals surface area contributed by atoms with Crippen LogP contribution >= 0.6 is 0 Å². The van der Waals surface area contributed by atoms with E-state index >= 15 is 0 Å². The van der Waals surface area contributed by atoms with Gasteiger partial charge in [0, 0.05) is 5.37 Å². The van der Waals surface area contributed by atoms with E-state index in [0.29, 0.717) is 12.8 Å².